The number of carbonyl (C=O) groups excluding carboxylic acids is 1. The second-order valence-corrected chi connectivity index (χ2v) is 2.40. The van der Waals surface area contributed by atoms with Crippen LogP contribution in [0.5, 0.6) is 0 Å². The number of benzene rings is 1. The summed E-state index contributed by atoms with van der Waals surface area (Å²) in [5.41, 5.74) is 3.01. The maximum absolute atomic E-state index is 12.8. The van der Waals surface area contributed by atoms with Crippen LogP contribution in [0.2, 0.25) is 0 Å². The van der Waals surface area contributed by atoms with Crippen molar-refractivity contribution in [2.24, 2.45) is 5.73 Å². The Morgan fingerprint density at radius 2 is 1.93 bits per heavy atom. The van der Waals surface area contributed by atoms with E-state index in [0.29, 0.717) is 6.07 Å². The van der Waals surface area contributed by atoms with Crippen LogP contribution in [0.4, 0.5) is 14.5 Å². The number of amides is 1. The van der Waals surface area contributed by atoms with Gasteiger partial charge >= 0.3 is 5.69 Å². The maximum atomic E-state index is 12.8. The number of primary amides is 1. The zero-order chi connectivity index (χ0) is 10.9. The molecule has 0 fully saturated rings. The normalized spacial score (nSPS) is 9.86. The van der Waals surface area contributed by atoms with Crippen molar-refractivity contribution < 1.29 is 18.5 Å². The third-order valence-corrected chi connectivity index (χ3v) is 1.50. The zero-order valence-corrected chi connectivity index (χ0v) is 6.66. The van der Waals surface area contributed by atoms with Gasteiger partial charge in [0.2, 0.25) is 5.82 Å². The molecule has 1 aromatic rings. The Morgan fingerprint density at radius 1 is 1.36 bits per heavy atom. The van der Waals surface area contributed by atoms with Gasteiger partial charge in [-0.3, -0.25) is 14.9 Å². The molecule has 2 N–H and O–H groups in total. The van der Waals surface area contributed by atoms with Crippen molar-refractivity contribution in [3.05, 3.63) is 39.4 Å². The Kier molecular flexibility index (Phi) is 2.41. The fraction of sp³-hybridized carbons (Fsp3) is 0. The van der Waals surface area contributed by atoms with E-state index >= 15 is 0 Å². The minimum atomic E-state index is -1.35. The lowest BCUT2D eigenvalue weighted by atomic mass is 10.1. The Bertz CT molecular complexity index is 384. The molecule has 0 aliphatic carbocycles. The molecule has 5 nitrogen and oxygen atoms in total. The minimum absolute atomic E-state index is 0.248. The Balaban J connectivity index is 3.42. The van der Waals surface area contributed by atoms with Crippen LogP contribution in [0.25, 0.3) is 0 Å². The topological polar surface area (TPSA) is 86.2 Å². The lowest BCUT2D eigenvalue weighted by Gasteiger charge is -1.99. The van der Waals surface area contributed by atoms with Crippen molar-refractivity contribution in [3.63, 3.8) is 0 Å². The second kappa shape index (κ2) is 3.36. The fourth-order valence-electron chi connectivity index (χ4n) is 0.866. The van der Waals surface area contributed by atoms with Crippen LogP contribution in [0, 0.1) is 21.7 Å². The molecule has 7 heteroatoms. The maximum Gasteiger partial charge on any atom is 0.305 e. The van der Waals surface area contributed by atoms with Gasteiger partial charge in [-0.05, 0) is 0 Å². The van der Waals surface area contributed by atoms with Crippen molar-refractivity contribution in [1.82, 2.24) is 0 Å². The van der Waals surface area contributed by atoms with E-state index in [2.05, 4.69) is 0 Å². The van der Waals surface area contributed by atoms with Crippen molar-refractivity contribution in [3.8, 4) is 0 Å². The predicted molar refractivity (Wildman–Crippen MR) is 41.5 cm³/mol. The first-order valence-corrected chi connectivity index (χ1v) is 3.36. The van der Waals surface area contributed by atoms with Crippen LogP contribution < -0.4 is 5.73 Å². The predicted octanol–water partition coefficient (Wildman–Crippen LogP) is 0.972. The third kappa shape index (κ3) is 1.65. The molecule has 0 spiro atoms. The van der Waals surface area contributed by atoms with Crippen LogP contribution in [-0.2, 0) is 0 Å². The summed E-state index contributed by atoms with van der Waals surface area (Å²) in [7, 11) is 0. The summed E-state index contributed by atoms with van der Waals surface area (Å²) in [6.45, 7) is 0. The van der Waals surface area contributed by atoms with E-state index in [4.69, 9.17) is 5.73 Å². The molecule has 1 amide bonds. The molecule has 14 heavy (non-hydrogen) atoms. The number of nitro benzene ring substituents is 1. The monoisotopic (exact) mass is 202 g/mol. The van der Waals surface area contributed by atoms with Gasteiger partial charge in [-0.1, -0.05) is 0 Å². The third-order valence-electron chi connectivity index (χ3n) is 1.50. The number of nitrogens with two attached hydrogens (primary N) is 1. The van der Waals surface area contributed by atoms with E-state index in [1.165, 1.54) is 0 Å². The average Bonchev–Trinajstić information content (AvgIpc) is 2.02. The Morgan fingerprint density at radius 3 is 2.36 bits per heavy atom. The second-order valence-electron chi connectivity index (χ2n) is 2.40. The van der Waals surface area contributed by atoms with Crippen molar-refractivity contribution in [2.45, 2.75) is 0 Å². The minimum Gasteiger partial charge on any atom is -0.366 e. The molecule has 0 heterocycles. The summed E-state index contributed by atoms with van der Waals surface area (Å²) in [4.78, 5) is 19.7. The van der Waals surface area contributed by atoms with Crippen molar-refractivity contribution >= 4 is 11.6 Å². The number of halogens is 2. The van der Waals surface area contributed by atoms with Gasteiger partial charge in [0.05, 0.1) is 10.5 Å². The summed E-state index contributed by atoms with van der Waals surface area (Å²) in [6.07, 6.45) is 0. The molecule has 74 valence electrons. The molecule has 0 bridgehead atoms. The molecule has 0 aromatic heterocycles. The van der Waals surface area contributed by atoms with E-state index in [1.807, 2.05) is 0 Å². The summed E-state index contributed by atoms with van der Waals surface area (Å²) in [6, 6.07) is 0.714. The van der Waals surface area contributed by atoms with Crippen molar-refractivity contribution in [1.29, 1.82) is 0 Å². The highest BCUT2D eigenvalue weighted by molar-refractivity contribution is 5.93. The highest BCUT2D eigenvalue weighted by Gasteiger charge is 2.20. The van der Waals surface area contributed by atoms with Gasteiger partial charge in [0.15, 0.2) is 0 Å². The summed E-state index contributed by atoms with van der Waals surface area (Å²) < 4.78 is 25.5. The summed E-state index contributed by atoms with van der Waals surface area (Å²) in [5, 5.41) is 10.2. The van der Waals surface area contributed by atoms with E-state index < -0.39 is 33.7 Å². The van der Waals surface area contributed by atoms with Crippen LogP contribution in [0.15, 0.2) is 12.1 Å². The molecule has 0 saturated heterocycles. The van der Waals surface area contributed by atoms with Gasteiger partial charge in [-0.15, -0.1) is 0 Å². The van der Waals surface area contributed by atoms with Gasteiger partial charge in [-0.25, -0.2) is 4.39 Å². The first-order chi connectivity index (χ1) is 6.43. The first-order valence-electron chi connectivity index (χ1n) is 3.36. The molecule has 0 aliphatic rings. The molecule has 1 rings (SSSR count). The number of rotatable bonds is 2. The number of nitro groups is 1. The van der Waals surface area contributed by atoms with Crippen LogP contribution in [0.3, 0.4) is 0 Å². The largest absolute Gasteiger partial charge is 0.366 e. The number of hydrogen-bond acceptors (Lipinski definition) is 3. The number of nitrogens with zero attached hydrogens (tertiary/aromatic N) is 1. The van der Waals surface area contributed by atoms with E-state index in [9.17, 15) is 23.7 Å². The molecule has 0 aliphatic heterocycles. The summed E-state index contributed by atoms with van der Waals surface area (Å²) in [5.74, 6) is -3.76. The zero-order valence-electron chi connectivity index (χ0n) is 6.66. The molecule has 0 unspecified atom stereocenters. The van der Waals surface area contributed by atoms with Crippen LogP contribution in [-0.4, -0.2) is 10.8 Å². The smallest absolute Gasteiger partial charge is 0.305 e. The molecule has 0 atom stereocenters. The number of hydrogen-bond donors (Lipinski definition) is 1. The van der Waals surface area contributed by atoms with E-state index in [-0.39, 0.29) is 6.07 Å². The molecular formula is C7H4F2N2O3. The first kappa shape index (κ1) is 10.0. The van der Waals surface area contributed by atoms with Gasteiger partial charge in [0.25, 0.3) is 5.91 Å². The highest BCUT2D eigenvalue weighted by atomic mass is 19.1. The highest BCUT2D eigenvalue weighted by Crippen LogP contribution is 2.20. The van der Waals surface area contributed by atoms with Gasteiger partial charge in [0.1, 0.15) is 5.82 Å². The molecule has 1 aromatic carbocycles. The lowest BCUT2D eigenvalue weighted by Crippen LogP contribution is -2.14. The summed E-state index contributed by atoms with van der Waals surface area (Å²) >= 11 is 0. The van der Waals surface area contributed by atoms with Gasteiger partial charge in [0, 0.05) is 12.1 Å². The van der Waals surface area contributed by atoms with Crippen LogP contribution >= 0.6 is 0 Å². The van der Waals surface area contributed by atoms with Crippen molar-refractivity contribution in [2.75, 3.05) is 0 Å². The van der Waals surface area contributed by atoms with Crippen LogP contribution in [0.1, 0.15) is 10.4 Å². The van der Waals surface area contributed by atoms with Gasteiger partial charge < -0.3 is 5.73 Å². The van der Waals surface area contributed by atoms with E-state index in [0.717, 1.165) is 0 Å². The van der Waals surface area contributed by atoms with Gasteiger partial charge in [-0.2, -0.15) is 4.39 Å². The standard InChI is InChI=1S/C7H4F2N2O3/c8-4-2-5(9)6(11(13)14)1-3(4)7(10)12/h1-2H,(H2,10,12). The number of carbonyl (C=O) groups is 1. The Hall–Kier alpha value is -2.05. The lowest BCUT2D eigenvalue weighted by molar-refractivity contribution is -0.387. The quantitative estimate of drug-likeness (QED) is 0.572. The fourth-order valence-corrected chi connectivity index (χ4v) is 0.866. The molecular weight excluding hydrogens is 198 g/mol. The average molecular weight is 202 g/mol. The SMILES string of the molecule is NC(=O)c1cc([N+](=O)[O-])c(F)cc1F. The Labute approximate surface area is 76.3 Å². The molecule has 0 radical (unpaired) electrons. The molecule has 0 saturated carbocycles. The van der Waals surface area contributed by atoms with E-state index in [1.54, 1.807) is 0 Å².